The molecule has 8 aromatic rings. The normalized spacial score (nSPS) is 20.6. The molecule has 0 atom stereocenters. The largest absolute Gasteiger partial charge is 0.456 e. The van der Waals surface area contributed by atoms with Crippen molar-refractivity contribution in [2.75, 3.05) is 9.80 Å². The van der Waals surface area contributed by atoms with Crippen LogP contribution in [0.3, 0.4) is 0 Å². The zero-order chi connectivity index (χ0) is 49.9. The van der Waals surface area contributed by atoms with Crippen LogP contribution in [0.1, 0.15) is 181 Å². The van der Waals surface area contributed by atoms with Crippen molar-refractivity contribution in [3.8, 4) is 0 Å². The van der Waals surface area contributed by atoms with E-state index in [-0.39, 0.29) is 44.6 Å². The Morgan fingerprint density at radius 3 is 1.63 bits per heavy atom. The first-order valence-electron chi connectivity index (χ1n) is 26.9. The first-order chi connectivity index (χ1) is 33.3. The number of anilines is 6. The summed E-state index contributed by atoms with van der Waals surface area (Å²) in [6, 6.07) is 39.0. The quantitative estimate of drug-likeness (QED) is 0.161. The molecule has 3 nitrogen and oxygen atoms in total. The molecule has 0 saturated heterocycles. The van der Waals surface area contributed by atoms with Crippen LogP contribution in [0.5, 0.6) is 0 Å². The van der Waals surface area contributed by atoms with Crippen LogP contribution in [-0.2, 0) is 37.9 Å². The summed E-state index contributed by atoms with van der Waals surface area (Å²) < 4.78 is 8.15. The molecule has 362 valence electrons. The lowest BCUT2D eigenvalue weighted by Crippen LogP contribution is -2.61. The molecular weight excluding hydrogens is 880 g/mol. The van der Waals surface area contributed by atoms with Crippen LogP contribution in [0.4, 0.5) is 33.4 Å². The van der Waals surface area contributed by atoms with Crippen LogP contribution in [0, 0.1) is 0 Å². The Labute approximate surface area is 428 Å². The number of fused-ring (bicyclic) bond motifs is 12. The number of thiophene rings is 1. The molecule has 5 heteroatoms. The molecule has 0 N–H and O–H groups in total. The third kappa shape index (κ3) is 6.39. The Morgan fingerprint density at radius 2 is 1.00 bits per heavy atom. The lowest BCUT2D eigenvalue weighted by Gasteiger charge is -2.47. The van der Waals surface area contributed by atoms with Crippen LogP contribution in [0.15, 0.2) is 101 Å². The lowest BCUT2D eigenvalue weighted by atomic mass is 9.33. The van der Waals surface area contributed by atoms with E-state index >= 15 is 0 Å². The molecule has 4 heterocycles. The van der Waals surface area contributed by atoms with E-state index in [0.29, 0.717) is 0 Å². The highest BCUT2D eigenvalue weighted by molar-refractivity contribution is 7.26. The second-order valence-electron chi connectivity index (χ2n) is 27.7. The van der Waals surface area contributed by atoms with Gasteiger partial charge >= 0.3 is 0 Å². The average Bonchev–Trinajstić information content (AvgIpc) is 3.88. The molecule has 2 aliphatic heterocycles. The van der Waals surface area contributed by atoms with Crippen LogP contribution < -0.4 is 26.2 Å². The third-order valence-electron chi connectivity index (χ3n) is 19.2. The van der Waals surface area contributed by atoms with Gasteiger partial charge in [0.25, 0.3) is 6.71 Å². The number of hydrogen-bond acceptors (Lipinski definition) is 4. The lowest BCUT2D eigenvalue weighted by molar-refractivity contribution is 0.332. The van der Waals surface area contributed by atoms with Crippen molar-refractivity contribution >= 4 is 99.9 Å². The number of benzene rings is 6. The van der Waals surface area contributed by atoms with Crippen molar-refractivity contribution in [1.82, 2.24) is 0 Å². The van der Waals surface area contributed by atoms with E-state index in [1.54, 1.807) is 0 Å². The van der Waals surface area contributed by atoms with Gasteiger partial charge in [-0.05, 0) is 198 Å². The Balaban J connectivity index is 1.22. The topological polar surface area (TPSA) is 19.6 Å². The standard InChI is InChI=1S/C66H73BN2OS/c1-60(2,3)38-31-51-58-52(32-38)69(49-20-18-22-54-56(49)40-19-16-17-21-53(40)70-54)50-36-46-45(64(10,11)28-29-65(46,12)13)35-48(50)67(58)57-41-34-44-47(66(14,15)30-27-63(44,8)9)37-55(41)71-59(57)68(51)39-23-24-42-43(33-39)62(6,7)26-25-61(42,4)5/h16-24,31-37H,25-30H2,1-15H3. The first-order valence-corrected chi connectivity index (χ1v) is 27.7. The summed E-state index contributed by atoms with van der Waals surface area (Å²) in [5.41, 5.74) is 23.2. The Hall–Kier alpha value is -5.26. The zero-order valence-corrected chi connectivity index (χ0v) is 46.1. The fraction of sp³-hybridized carbons (Fsp3) is 0.424. The van der Waals surface area contributed by atoms with Crippen molar-refractivity contribution < 1.29 is 4.42 Å². The number of nitrogens with zero attached hydrogens (tertiary/aromatic N) is 2. The van der Waals surface area contributed by atoms with Crippen molar-refractivity contribution in [2.24, 2.45) is 0 Å². The fourth-order valence-electron chi connectivity index (χ4n) is 14.2. The predicted octanol–water partition coefficient (Wildman–Crippen LogP) is 17.2. The monoisotopic (exact) mass is 953 g/mol. The van der Waals surface area contributed by atoms with Crippen molar-refractivity contribution in [3.05, 3.63) is 136 Å². The smallest absolute Gasteiger partial charge is 0.254 e. The van der Waals surface area contributed by atoms with Gasteiger partial charge in [-0.1, -0.05) is 140 Å². The first kappa shape index (κ1) is 45.6. The fourth-order valence-corrected chi connectivity index (χ4v) is 15.5. The van der Waals surface area contributed by atoms with Crippen LogP contribution in [0.25, 0.3) is 32.0 Å². The molecule has 0 spiro atoms. The van der Waals surface area contributed by atoms with Crippen molar-refractivity contribution in [3.63, 3.8) is 0 Å². The van der Waals surface area contributed by atoms with Gasteiger partial charge in [-0.3, -0.25) is 0 Å². The van der Waals surface area contributed by atoms with E-state index in [4.69, 9.17) is 4.42 Å². The van der Waals surface area contributed by atoms with Crippen molar-refractivity contribution in [1.29, 1.82) is 0 Å². The highest BCUT2D eigenvalue weighted by Crippen LogP contribution is 2.56. The molecule has 0 fully saturated rings. The van der Waals surface area contributed by atoms with E-state index in [1.165, 1.54) is 136 Å². The number of furan rings is 1. The van der Waals surface area contributed by atoms with Gasteiger partial charge in [0, 0.05) is 32.8 Å². The van der Waals surface area contributed by atoms with Gasteiger partial charge in [0.15, 0.2) is 0 Å². The van der Waals surface area contributed by atoms with Crippen LogP contribution in [0.2, 0.25) is 0 Å². The number of hydrogen-bond donors (Lipinski definition) is 0. The molecule has 13 rings (SSSR count). The summed E-state index contributed by atoms with van der Waals surface area (Å²) in [5.74, 6) is 0. The summed E-state index contributed by atoms with van der Waals surface area (Å²) in [4.78, 5) is 5.45. The summed E-state index contributed by atoms with van der Waals surface area (Å²) in [7, 11) is 0. The van der Waals surface area contributed by atoms with Gasteiger partial charge < -0.3 is 14.2 Å². The molecule has 6 aromatic carbocycles. The molecular formula is C66H73BN2OS. The molecule has 0 amide bonds. The van der Waals surface area contributed by atoms with Gasteiger partial charge in [-0.15, -0.1) is 11.3 Å². The van der Waals surface area contributed by atoms with Gasteiger partial charge in [-0.2, -0.15) is 0 Å². The maximum atomic E-state index is 6.75. The van der Waals surface area contributed by atoms with Gasteiger partial charge in [-0.25, -0.2) is 0 Å². The summed E-state index contributed by atoms with van der Waals surface area (Å²) in [6.07, 6.45) is 7.08. The molecule has 3 aliphatic carbocycles. The SMILES string of the molecule is CC(C)(C)c1cc2c3c(c1)N(c1cccc4oc5ccccc5c14)c1cc4c(cc1B3c1c(sc3cc5c(cc13)C(C)(C)CCC5(C)C)N2c1ccc2c(c1)C(C)(C)CCC2(C)C)C(C)(C)CCC4(C)C. The van der Waals surface area contributed by atoms with E-state index in [2.05, 4.69) is 211 Å². The van der Waals surface area contributed by atoms with Crippen molar-refractivity contribution in [2.45, 2.75) is 180 Å². The van der Waals surface area contributed by atoms with Gasteiger partial charge in [0.2, 0.25) is 0 Å². The Kier molecular flexibility index (Phi) is 9.17. The van der Waals surface area contributed by atoms with Crippen LogP contribution >= 0.6 is 11.3 Å². The minimum Gasteiger partial charge on any atom is -0.456 e. The van der Waals surface area contributed by atoms with Gasteiger partial charge in [0.1, 0.15) is 11.2 Å². The maximum absolute atomic E-state index is 6.75. The molecule has 5 aliphatic rings. The van der Waals surface area contributed by atoms with Crippen LogP contribution in [-0.4, -0.2) is 6.71 Å². The summed E-state index contributed by atoms with van der Waals surface area (Å²) in [6.45, 7) is 37.1. The Bertz CT molecular complexity index is 3620. The molecule has 0 unspecified atom stereocenters. The highest BCUT2D eigenvalue weighted by atomic mass is 32.1. The van der Waals surface area contributed by atoms with E-state index in [1.807, 2.05) is 11.3 Å². The average molecular weight is 953 g/mol. The van der Waals surface area contributed by atoms with E-state index < -0.39 is 0 Å². The number of rotatable bonds is 2. The Morgan fingerprint density at radius 1 is 0.465 bits per heavy atom. The summed E-state index contributed by atoms with van der Waals surface area (Å²) in [5, 5.41) is 5.13. The molecule has 2 aromatic heterocycles. The maximum Gasteiger partial charge on any atom is 0.254 e. The minimum absolute atomic E-state index is 0.0115. The van der Waals surface area contributed by atoms with E-state index in [9.17, 15) is 0 Å². The molecule has 0 saturated carbocycles. The second kappa shape index (κ2) is 14.3. The molecule has 71 heavy (non-hydrogen) atoms. The van der Waals surface area contributed by atoms with Gasteiger partial charge in [0.05, 0.1) is 16.1 Å². The minimum atomic E-state index is -0.132. The summed E-state index contributed by atoms with van der Waals surface area (Å²) >= 11 is 2.04. The number of para-hydroxylation sites is 1. The predicted molar refractivity (Wildman–Crippen MR) is 308 cm³/mol. The zero-order valence-electron chi connectivity index (χ0n) is 45.3. The molecule has 0 radical (unpaired) electrons. The molecule has 0 bridgehead atoms. The second-order valence-corrected chi connectivity index (χ2v) is 28.8. The van der Waals surface area contributed by atoms with E-state index in [0.717, 1.165) is 23.0 Å². The highest BCUT2D eigenvalue weighted by Gasteiger charge is 2.50. The third-order valence-corrected chi connectivity index (χ3v) is 20.4.